The number of aryl methyl sites for hydroxylation is 1. The Morgan fingerprint density at radius 3 is 2.60 bits per heavy atom. The molecule has 2 amide bonds. The Bertz CT molecular complexity index is 860. The largest absolute Gasteiger partial charge is 0.507 e. The van der Waals surface area contributed by atoms with Gasteiger partial charge in [0.2, 0.25) is 19.2 Å². The molecule has 11 heteroatoms. The van der Waals surface area contributed by atoms with E-state index in [-0.39, 0.29) is 44.0 Å². The van der Waals surface area contributed by atoms with Crippen LogP contribution in [0.25, 0.3) is 0 Å². The van der Waals surface area contributed by atoms with Gasteiger partial charge < -0.3 is 20.5 Å². The van der Waals surface area contributed by atoms with Crippen molar-refractivity contribution in [1.29, 1.82) is 0 Å². The quantitative estimate of drug-likeness (QED) is 0.345. The fourth-order valence-electron chi connectivity index (χ4n) is 3.86. The van der Waals surface area contributed by atoms with E-state index >= 15 is 0 Å². The molecule has 0 aromatic heterocycles. The van der Waals surface area contributed by atoms with Gasteiger partial charge in [0.15, 0.2) is 6.23 Å². The van der Waals surface area contributed by atoms with E-state index in [4.69, 9.17) is 15.6 Å². The van der Waals surface area contributed by atoms with Gasteiger partial charge in [0, 0.05) is 43.3 Å². The molecule has 4 N–H and O–H groups in total. The Morgan fingerprint density at radius 1 is 1.23 bits per heavy atom. The summed E-state index contributed by atoms with van der Waals surface area (Å²) < 4.78 is 17.6. The van der Waals surface area contributed by atoms with Crippen molar-refractivity contribution in [3.63, 3.8) is 0 Å². The van der Waals surface area contributed by atoms with Gasteiger partial charge in [-0.2, -0.15) is 0 Å². The van der Waals surface area contributed by atoms with Crippen LogP contribution in [-0.2, 0) is 25.3 Å². The lowest BCUT2D eigenvalue weighted by molar-refractivity contribution is -0.196. The van der Waals surface area contributed by atoms with Crippen molar-refractivity contribution in [2.75, 3.05) is 24.6 Å². The van der Waals surface area contributed by atoms with Gasteiger partial charge in [-0.3, -0.25) is 14.2 Å². The van der Waals surface area contributed by atoms with Crippen LogP contribution in [0.2, 0.25) is 0 Å². The molecule has 1 unspecified atom stereocenters. The number of anilines is 1. The highest BCUT2D eigenvalue weighted by molar-refractivity contribution is 7.58. The number of ether oxygens (including phenoxy) is 1. The predicted octanol–water partition coefficient (Wildman–Crippen LogP) is 1.88. The number of hydrazine groups is 1. The van der Waals surface area contributed by atoms with Crippen molar-refractivity contribution in [2.24, 2.45) is 5.92 Å². The molecule has 1 aromatic carbocycles. The number of amides is 2. The molecule has 2 fully saturated rings. The number of hydrogen-bond acceptors (Lipinski definition) is 6. The molecular formula is C19H26N3O7P. The van der Waals surface area contributed by atoms with E-state index in [1.807, 2.05) is 0 Å². The summed E-state index contributed by atoms with van der Waals surface area (Å²) in [5.74, 6) is -1.73. The topological polar surface area (TPSA) is 150 Å². The Labute approximate surface area is 174 Å². The number of nitrogens with zero attached hydrogens (tertiary/aromatic N) is 2. The number of hydrogen-bond donors (Lipinski definition) is 3. The lowest BCUT2D eigenvalue weighted by Crippen LogP contribution is -2.59. The molecule has 10 nitrogen and oxygen atoms in total. The lowest BCUT2D eigenvalue weighted by Gasteiger charge is -2.42. The van der Waals surface area contributed by atoms with E-state index in [0.717, 1.165) is 10.6 Å². The first-order chi connectivity index (χ1) is 14.2. The zero-order valence-corrected chi connectivity index (χ0v) is 17.4. The Kier molecular flexibility index (Phi) is 6.67. The molecule has 0 bridgehead atoms. The van der Waals surface area contributed by atoms with Crippen molar-refractivity contribution in [1.82, 2.24) is 10.0 Å². The molecule has 2 aliphatic heterocycles. The van der Waals surface area contributed by atoms with Crippen LogP contribution in [0.15, 0.2) is 24.3 Å². The average Bonchev–Trinajstić information content (AvgIpc) is 2.80. The molecule has 2 saturated heterocycles. The number of fused-ring (bicyclic) bond motifs is 1. The first kappa shape index (κ1) is 22.1. The molecule has 2 aliphatic rings. The molecule has 3 rings (SSSR count). The van der Waals surface area contributed by atoms with Gasteiger partial charge >= 0.3 is 6.16 Å². The monoisotopic (exact) mass is 439 g/mol. The molecule has 0 saturated carbocycles. The number of benzene rings is 1. The van der Waals surface area contributed by atoms with E-state index in [1.165, 1.54) is 5.01 Å². The van der Waals surface area contributed by atoms with Crippen LogP contribution in [0.5, 0.6) is 0 Å². The number of carbonyl (C=O) groups excluding carboxylic acids is 2. The normalized spacial score (nSPS) is 24.0. The summed E-state index contributed by atoms with van der Waals surface area (Å²) in [6, 6.07) is 6.99. The third-order valence-corrected chi connectivity index (χ3v) is 7.33. The number of nitrogens with two attached hydrogens (primary N) is 1. The van der Waals surface area contributed by atoms with E-state index in [9.17, 15) is 23.8 Å². The van der Waals surface area contributed by atoms with Crippen LogP contribution in [0, 0.1) is 5.92 Å². The molecule has 30 heavy (non-hydrogen) atoms. The van der Waals surface area contributed by atoms with Crippen LogP contribution < -0.4 is 5.73 Å². The van der Waals surface area contributed by atoms with Crippen LogP contribution in [-0.4, -0.2) is 63.1 Å². The summed E-state index contributed by atoms with van der Waals surface area (Å²) >= 11 is 0. The van der Waals surface area contributed by atoms with E-state index < -0.39 is 31.6 Å². The second-order valence-electron chi connectivity index (χ2n) is 7.66. The van der Waals surface area contributed by atoms with Gasteiger partial charge in [-0.05, 0) is 37.0 Å². The summed E-state index contributed by atoms with van der Waals surface area (Å²) in [5, 5.41) is 11.2. The number of nitrogen functional groups attached to an aromatic ring is 1. The third-order valence-electron chi connectivity index (χ3n) is 5.40. The van der Waals surface area contributed by atoms with Crippen molar-refractivity contribution in [3.05, 3.63) is 29.8 Å². The van der Waals surface area contributed by atoms with Crippen molar-refractivity contribution < 1.29 is 33.7 Å². The number of carbonyl (C=O) groups is 3. The molecule has 164 valence electrons. The maximum absolute atomic E-state index is 13.1. The molecule has 2 heterocycles. The SMILES string of the molecule is Nc1ccc(CCP(=O)(O)C[C@H]2CCC(=O)N3CCC[C@H](OC(=O)O)N3C2=O)cc1. The van der Waals surface area contributed by atoms with E-state index in [2.05, 4.69) is 0 Å². The highest BCUT2D eigenvalue weighted by Crippen LogP contribution is 2.45. The Balaban J connectivity index is 1.71. The zero-order chi connectivity index (χ0) is 21.9. The summed E-state index contributed by atoms with van der Waals surface area (Å²) in [7, 11) is -3.67. The molecule has 0 spiro atoms. The second-order valence-corrected chi connectivity index (χ2v) is 10.2. The van der Waals surface area contributed by atoms with Gasteiger partial charge in [0.05, 0.1) is 0 Å². The molecule has 0 aliphatic carbocycles. The lowest BCUT2D eigenvalue weighted by atomic mass is 10.0. The first-order valence-electron chi connectivity index (χ1n) is 9.84. The molecular weight excluding hydrogens is 413 g/mol. The Morgan fingerprint density at radius 2 is 1.93 bits per heavy atom. The van der Waals surface area contributed by atoms with Crippen molar-refractivity contribution in [3.8, 4) is 0 Å². The molecule has 1 aromatic rings. The smallest absolute Gasteiger partial charge is 0.450 e. The summed E-state index contributed by atoms with van der Waals surface area (Å²) in [6.45, 7) is 0.282. The van der Waals surface area contributed by atoms with Gasteiger partial charge in [0.1, 0.15) is 0 Å². The van der Waals surface area contributed by atoms with Crippen LogP contribution in [0.4, 0.5) is 10.5 Å². The van der Waals surface area contributed by atoms with Crippen molar-refractivity contribution in [2.45, 2.75) is 38.3 Å². The van der Waals surface area contributed by atoms with Crippen molar-refractivity contribution >= 4 is 31.0 Å². The fraction of sp³-hybridized carbons (Fsp3) is 0.526. The van der Waals surface area contributed by atoms with E-state index in [1.54, 1.807) is 24.3 Å². The summed E-state index contributed by atoms with van der Waals surface area (Å²) in [4.78, 5) is 47.1. The molecule has 3 atom stereocenters. The number of rotatable bonds is 6. The average molecular weight is 439 g/mol. The van der Waals surface area contributed by atoms with Gasteiger partial charge in [0.25, 0.3) is 0 Å². The van der Waals surface area contributed by atoms with Crippen LogP contribution in [0.1, 0.15) is 31.2 Å². The maximum Gasteiger partial charge on any atom is 0.507 e. The predicted molar refractivity (Wildman–Crippen MR) is 108 cm³/mol. The minimum absolute atomic E-state index is 0.00653. The summed E-state index contributed by atoms with van der Waals surface area (Å²) in [6.07, 6.45) is -1.62. The highest BCUT2D eigenvalue weighted by Gasteiger charge is 2.44. The van der Waals surface area contributed by atoms with Crippen LogP contribution in [0.3, 0.4) is 0 Å². The Hall–Kier alpha value is -2.58. The van der Waals surface area contributed by atoms with Gasteiger partial charge in [-0.15, -0.1) is 0 Å². The van der Waals surface area contributed by atoms with Gasteiger partial charge in [-0.25, -0.2) is 14.8 Å². The highest BCUT2D eigenvalue weighted by atomic mass is 31.2. The first-order valence-corrected chi connectivity index (χ1v) is 11.9. The maximum atomic E-state index is 13.1. The molecule has 0 radical (unpaired) electrons. The van der Waals surface area contributed by atoms with E-state index in [0.29, 0.717) is 18.5 Å². The minimum atomic E-state index is -3.67. The number of carboxylic acid groups (broad SMARTS) is 1. The van der Waals surface area contributed by atoms with Gasteiger partial charge in [-0.1, -0.05) is 12.1 Å². The second kappa shape index (κ2) is 9.06. The standard InChI is InChI=1S/C19H26N3O7P/c20-15-6-3-13(4-7-15)9-11-30(27,28)12-14-5-8-16(23)21-10-1-2-17(29-19(25)26)22(21)18(14)24/h3-4,6-7,14,17H,1-2,5,8-12,20H2,(H,25,26)(H,27,28)/t14-,17+/m1/s1. The third kappa shape index (κ3) is 5.31. The van der Waals surface area contributed by atoms with Crippen LogP contribution >= 0.6 is 7.37 Å². The summed E-state index contributed by atoms with van der Waals surface area (Å²) in [5.41, 5.74) is 7.10. The minimum Gasteiger partial charge on any atom is -0.450 e. The fourth-order valence-corrected chi connectivity index (χ4v) is 5.68. The zero-order valence-electron chi connectivity index (χ0n) is 16.5.